The van der Waals surface area contributed by atoms with Gasteiger partial charge in [-0.1, -0.05) is 6.92 Å². The number of hydrogen-bond acceptors (Lipinski definition) is 2. The number of carbonyl (C=O) groups is 1. The number of halogens is 1. The highest BCUT2D eigenvalue weighted by molar-refractivity contribution is 6.21. The first-order chi connectivity index (χ1) is 7.53. The number of carbonyl (C=O) groups excluding carboxylic acids is 1. The molecule has 0 spiro atoms. The highest BCUT2D eigenvalue weighted by Crippen LogP contribution is 2.30. The molecule has 2 aliphatic heterocycles. The van der Waals surface area contributed by atoms with Crippen LogP contribution in [0.1, 0.15) is 33.1 Å². The molecule has 0 aliphatic carbocycles. The summed E-state index contributed by atoms with van der Waals surface area (Å²) in [5.41, 5.74) is -0.586. The number of alkyl halides is 1. The van der Waals surface area contributed by atoms with Gasteiger partial charge in [-0.25, -0.2) is 0 Å². The minimum Gasteiger partial charge on any atom is -0.365 e. The summed E-state index contributed by atoms with van der Waals surface area (Å²) in [6.45, 7) is 6.25. The van der Waals surface area contributed by atoms with Gasteiger partial charge in [-0.05, 0) is 32.1 Å². The van der Waals surface area contributed by atoms with Crippen molar-refractivity contribution in [1.82, 2.24) is 4.90 Å². The second kappa shape index (κ2) is 4.53. The molecule has 2 heterocycles. The van der Waals surface area contributed by atoms with Gasteiger partial charge in [-0.15, -0.1) is 11.6 Å². The molecule has 2 rings (SSSR count). The number of nitrogens with zero attached hydrogens (tertiary/aromatic N) is 1. The van der Waals surface area contributed by atoms with Crippen molar-refractivity contribution < 1.29 is 9.53 Å². The van der Waals surface area contributed by atoms with E-state index in [1.54, 1.807) is 0 Å². The number of amides is 1. The Kier molecular flexibility index (Phi) is 3.45. The van der Waals surface area contributed by atoms with Gasteiger partial charge in [-0.3, -0.25) is 4.79 Å². The topological polar surface area (TPSA) is 29.5 Å². The van der Waals surface area contributed by atoms with Gasteiger partial charge in [0.05, 0.1) is 5.38 Å². The van der Waals surface area contributed by atoms with E-state index in [-0.39, 0.29) is 11.3 Å². The summed E-state index contributed by atoms with van der Waals surface area (Å²) in [4.78, 5) is 14.2. The lowest BCUT2D eigenvalue weighted by atomic mass is 9.95. The first-order valence-electron chi connectivity index (χ1n) is 6.10. The van der Waals surface area contributed by atoms with E-state index in [2.05, 4.69) is 6.92 Å². The Morgan fingerprint density at radius 3 is 2.88 bits per heavy atom. The molecule has 0 aromatic carbocycles. The van der Waals surface area contributed by atoms with Crippen LogP contribution in [0.5, 0.6) is 0 Å². The van der Waals surface area contributed by atoms with Gasteiger partial charge in [0.1, 0.15) is 5.60 Å². The molecule has 92 valence electrons. The fourth-order valence-corrected chi connectivity index (χ4v) is 2.78. The van der Waals surface area contributed by atoms with Gasteiger partial charge >= 0.3 is 0 Å². The van der Waals surface area contributed by atoms with Crippen LogP contribution >= 0.6 is 11.6 Å². The molecule has 3 unspecified atom stereocenters. The van der Waals surface area contributed by atoms with Crippen LogP contribution in [-0.4, -0.2) is 41.5 Å². The molecular formula is C12H20ClNO2. The molecule has 0 N–H and O–H groups in total. The van der Waals surface area contributed by atoms with Crippen LogP contribution < -0.4 is 0 Å². The number of piperidine rings is 1. The van der Waals surface area contributed by atoms with Crippen LogP contribution in [0.25, 0.3) is 0 Å². The van der Waals surface area contributed by atoms with Crippen LogP contribution in [0.3, 0.4) is 0 Å². The van der Waals surface area contributed by atoms with E-state index >= 15 is 0 Å². The van der Waals surface area contributed by atoms with E-state index in [1.807, 2.05) is 11.8 Å². The van der Waals surface area contributed by atoms with Crippen molar-refractivity contribution in [3.8, 4) is 0 Å². The van der Waals surface area contributed by atoms with Crippen LogP contribution in [-0.2, 0) is 9.53 Å². The lowest BCUT2D eigenvalue weighted by Crippen LogP contribution is -2.52. The average Bonchev–Trinajstić information content (AvgIpc) is 2.70. The summed E-state index contributed by atoms with van der Waals surface area (Å²) in [5.74, 6) is 0.630. The molecular weight excluding hydrogens is 226 g/mol. The molecule has 0 radical (unpaired) electrons. The minimum absolute atomic E-state index is 0.0858. The van der Waals surface area contributed by atoms with E-state index in [1.165, 1.54) is 0 Å². The Morgan fingerprint density at radius 1 is 1.56 bits per heavy atom. The summed E-state index contributed by atoms with van der Waals surface area (Å²) < 4.78 is 5.58. The second-order valence-electron chi connectivity index (χ2n) is 5.22. The van der Waals surface area contributed by atoms with Crippen LogP contribution in [0.4, 0.5) is 0 Å². The molecule has 16 heavy (non-hydrogen) atoms. The van der Waals surface area contributed by atoms with Crippen molar-refractivity contribution in [1.29, 1.82) is 0 Å². The SMILES string of the molecule is CC1CCN(C(=O)C2(C)CCCO2)CC1Cl. The molecule has 0 aromatic heterocycles. The molecule has 3 nitrogen and oxygen atoms in total. The molecule has 3 atom stereocenters. The third kappa shape index (κ3) is 2.21. The third-order valence-corrected chi connectivity index (χ3v) is 4.39. The largest absolute Gasteiger partial charge is 0.365 e. The van der Waals surface area contributed by atoms with Crippen molar-refractivity contribution >= 4 is 17.5 Å². The van der Waals surface area contributed by atoms with Crippen LogP contribution in [0, 0.1) is 5.92 Å². The molecule has 4 heteroatoms. The van der Waals surface area contributed by atoms with Crippen molar-refractivity contribution in [2.24, 2.45) is 5.92 Å². The third-order valence-electron chi connectivity index (χ3n) is 3.83. The van der Waals surface area contributed by atoms with Gasteiger partial charge in [0, 0.05) is 19.7 Å². The minimum atomic E-state index is -0.586. The first kappa shape index (κ1) is 12.2. The molecule has 2 aliphatic rings. The van der Waals surface area contributed by atoms with E-state index in [0.717, 1.165) is 25.8 Å². The van der Waals surface area contributed by atoms with Crippen LogP contribution in [0.2, 0.25) is 0 Å². The Bertz CT molecular complexity index is 276. The van der Waals surface area contributed by atoms with Gasteiger partial charge in [0.15, 0.2) is 0 Å². The fourth-order valence-electron chi connectivity index (χ4n) is 2.49. The van der Waals surface area contributed by atoms with Gasteiger partial charge in [-0.2, -0.15) is 0 Å². The van der Waals surface area contributed by atoms with Gasteiger partial charge < -0.3 is 9.64 Å². The zero-order chi connectivity index (χ0) is 11.8. The molecule has 0 aromatic rings. The number of likely N-dealkylation sites (tertiary alicyclic amines) is 1. The van der Waals surface area contributed by atoms with E-state index in [4.69, 9.17) is 16.3 Å². The lowest BCUT2D eigenvalue weighted by Gasteiger charge is -2.37. The van der Waals surface area contributed by atoms with Gasteiger partial charge in [0.25, 0.3) is 5.91 Å². The normalized spacial score (nSPS) is 40.1. The smallest absolute Gasteiger partial charge is 0.254 e. The van der Waals surface area contributed by atoms with Crippen molar-refractivity contribution in [3.63, 3.8) is 0 Å². The number of hydrogen-bond donors (Lipinski definition) is 0. The standard InChI is InChI=1S/C12H20ClNO2/c1-9-4-6-14(8-10(9)13)11(15)12(2)5-3-7-16-12/h9-10H,3-8H2,1-2H3. The molecule has 0 bridgehead atoms. The first-order valence-corrected chi connectivity index (χ1v) is 6.54. The predicted molar refractivity (Wildman–Crippen MR) is 63.6 cm³/mol. The van der Waals surface area contributed by atoms with Crippen molar-refractivity contribution in [2.45, 2.75) is 44.1 Å². The maximum absolute atomic E-state index is 12.3. The van der Waals surface area contributed by atoms with Crippen molar-refractivity contribution in [3.05, 3.63) is 0 Å². The summed E-state index contributed by atoms with van der Waals surface area (Å²) in [7, 11) is 0. The zero-order valence-corrected chi connectivity index (χ0v) is 10.8. The average molecular weight is 246 g/mol. The van der Waals surface area contributed by atoms with E-state index in [0.29, 0.717) is 19.1 Å². The number of rotatable bonds is 1. The molecule has 1 amide bonds. The summed E-state index contributed by atoms with van der Waals surface area (Å²) in [6.07, 6.45) is 2.82. The highest BCUT2D eigenvalue weighted by Gasteiger charge is 2.42. The Balaban J connectivity index is 2.00. The predicted octanol–water partition coefficient (Wildman–Crippen LogP) is 2.03. The Labute approximate surface area is 102 Å². The van der Waals surface area contributed by atoms with Crippen molar-refractivity contribution in [2.75, 3.05) is 19.7 Å². The second-order valence-corrected chi connectivity index (χ2v) is 5.78. The maximum atomic E-state index is 12.3. The summed E-state index contributed by atoms with van der Waals surface area (Å²) in [6, 6.07) is 0. The molecule has 2 saturated heterocycles. The Morgan fingerprint density at radius 2 is 2.31 bits per heavy atom. The van der Waals surface area contributed by atoms with Gasteiger partial charge in [0.2, 0.25) is 0 Å². The summed E-state index contributed by atoms with van der Waals surface area (Å²) in [5, 5.41) is 0.0858. The fraction of sp³-hybridized carbons (Fsp3) is 0.917. The number of ether oxygens (including phenoxy) is 1. The zero-order valence-electron chi connectivity index (χ0n) is 10.0. The summed E-state index contributed by atoms with van der Waals surface area (Å²) >= 11 is 6.22. The maximum Gasteiger partial charge on any atom is 0.254 e. The van der Waals surface area contributed by atoms with E-state index < -0.39 is 5.60 Å². The monoisotopic (exact) mass is 245 g/mol. The lowest BCUT2D eigenvalue weighted by molar-refractivity contribution is -0.152. The quantitative estimate of drug-likeness (QED) is 0.662. The molecule has 0 saturated carbocycles. The van der Waals surface area contributed by atoms with E-state index in [9.17, 15) is 4.79 Å². The Hall–Kier alpha value is -0.280. The highest BCUT2D eigenvalue weighted by atomic mass is 35.5. The van der Waals surface area contributed by atoms with Crippen LogP contribution in [0.15, 0.2) is 0 Å². The molecule has 2 fully saturated rings.